The van der Waals surface area contributed by atoms with Crippen molar-refractivity contribution in [3.63, 3.8) is 0 Å². The van der Waals surface area contributed by atoms with Crippen LogP contribution in [0.25, 0.3) is 0 Å². The molecule has 0 heterocycles. The van der Waals surface area contributed by atoms with Gasteiger partial charge in [-0.05, 0) is 19.5 Å². The summed E-state index contributed by atoms with van der Waals surface area (Å²) in [7, 11) is 1.51. The van der Waals surface area contributed by atoms with E-state index in [1.165, 1.54) is 12.0 Å². The number of alkyl halides is 3. The van der Waals surface area contributed by atoms with Gasteiger partial charge in [0.25, 0.3) is 0 Å². The number of hydrogen-bond donors (Lipinski definition) is 1. The standard InChI is InChI=1S/C11H23F3N2O/c1-4-6-15-7-10(8-17-3)16(5-2)9-11(12,13)14/h10,15H,4-9H2,1-3H3. The molecule has 1 unspecified atom stereocenters. The molecule has 1 N–H and O–H groups in total. The van der Waals surface area contributed by atoms with Crippen LogP contribution in [0.2, 0.25) is 0 Å². The third-order valence-electron chi connectivity index (χ3n) is 2.47. The van der Waals surface area contributed by atoms with Gasteiger partial charge in [0.15, 0.2) is 0 Å². The summed E-state index contributed by atoms with van der Waals surface area (Å²) in [5.74, 6) is 0. The Morgan fingerprint density at radius 2 is 1.94 bits per heavy atom. The minimum absolute atomic E-state index is 0.238. The monoisotopic (exact) mass is 256 g/mol. The zero-order valence-electron chi connectivity index (χ0n) is 10.8. The summed E-state index contributed by atoms with van der Waals surface area (Å²) >= 11 is 0. The van der Waals surface area contributed by atoms with E-state index in [1.807, 2.05) is 6.92 Å². The van der Waals surface area contributed by atoms with E-state index in [-0.39, 0.29) is 6.04 Å². The highest BCUT2D eigenvalue weighted by Gasteiger charge is 2.32. The van der Waals surface area contributed by atoms with E-state index < -0.39 is 12.7 Å². The largest absolute Gasteiger partial charge is 0.401 e. The fraction of sp³-hybridized carbons (Fsp3) is 1.00. The van der Waals surface area contributed by atoms with Crippen molar-refractivity contribution in [2.45, 2.75) is 32.5 Å². The van der Waals surface area contributed by atoms with Crippen LogP contribution in [0.4, 0.5) is 13.2 Å². The Balaban J connectivity index is 4.29. The molecule has 0 amide bonds. The summed E-state index contributed by atoms with van der Waals surface area (Å²) in [6, 6.07) is -0.238. The lowest BCUT2D eigenvalue weighted by Gasteiger charge is -2.31. The smallest absolute Gasteiger partial charge is 0.383 e. The molecule has 0 aliphatic heterocycles. The first kappa shape index (κ1) is 16.7. The molecule has 3 nitrogen and oxygen atoms in total. The van der Waals surface area contributed by atoms with Gasteiger partial charge in [-0.3, -0.25) is 4.90 Å². The number of likely N-dealkylation sites (N-methyl/N-ethyl adjacent to an activating group) is 1. The van der Waals surface area contributed by atoms with Crippen molar-refractivity contribution >= 4 is 0 Å². The highest BCUT2D eigenvalue weighted by molar-refractivity contribution is 4.75. The molecule has 0 spiro atoms. The fourth-order valence-corrected chi connectivity index (χ4v) is 1.66. The normalized spacial score (nSPS) is 14.3. The van der Waals surface area contributed by atoms with Crippen molar-refractivity contribution in [2.75, 3.05) is 39.9 Å². The third kappa shape index (κ3) is 8.40. The van der Waals surface area contributed by atoms with Gasteiger partial charge in [-0.2, -0.15) is 13.2 Å². The molecule has 0 radical (unpaired) electrons. The fourth-order valence-electron chi connectivity index (χ4n) is 1.66. The molecule has 0 saturated carbocycles. The number of ether oxygens (including phenoxy) is 1. The van der Waals surface area contributed by atoms with E-state index in [4.69, 9.17) is 4.74 Å². The van der Waals surface area contributed by atoms with Gasteiger partial charge in [-0.1, -0.05) is 13.8 Å². The number of nitrogens with one attached hydrogen (secondary N) is 1. The Hall–Kier alpha value is -0.330. The summed E-state index contributed by atoms with van der Waals surface area (Å²) in [5.41, 5.74) is 0. The topological polar surface area (TPSA) is 24.5 Å². The molecule has 17 heavy (non-hydrogen) atoms. The molecule has 0 aromatic rings. The van der Waals surface area contributed by atoms with E-state index in [9.17, 15) is 13.2 Å². The van der Waals surface area contributed by atoms with E-state index in [0.717, 1.165) is 13.0 Å². The van der Waals surface area contributed by atoms with Gasteiger partial charge in [0.05, 0.1) is 13.2 Å². The maximum absolute atomic E-state index is 12.4. The minimum atomic E-state index is -4.16. The van der Waals surface area contributed by atoms with Gasteiger partial charge in [0.2, 0.25) is 0 Å². The molecule has 6 heteroatoms. The second-order valence-corrected chi connectivity index (χ2v) is 3.99. The number of methoxy groups -OCH3 is 1. The van der Waals surface area contributed by atoms with Crippen LogP contribution in [-0.4, -0.2) is 57.0 Å². The van der Waals surface area contributed by atoms with Gasteiger partial charge >= 0.3 is 6.18 Å². The predicted octanol–water partition coefficient (Wildman–Crippen LogP) is 1.89. The van der Waals surface area contributed by atoms with E-state index >= 15 is 0 Å². The molecule has 0 bridgehead atoms. The molecule has 0 rings (SSSR count). The van der Waals surface area contributed by atoms with Gasteiger partial charge in [0, 0.05) is 19.7 Å². The van der Waals surface area contributed by atoms with Gasteiger partial charge in [-0.15, -0.1) is 0 Å². The molecule has 0 saturated heterocycles. The quantitative estimate of drug-likeness (QED) is 0.638. The number of hydrogen-bond acceptors (Lipinski definition) is 3. The first-order valence-corrected chi connectivity index (χ1v) is 5.95. The van der Waals surface area contributed by atoms with E-state index in [0.29, 0.717) is 19.7 Å². The van der Waals surface area contributed by atoms with Crippen LogP contribution in [0.15, 0.2) is 0 Å². The second kappa shape index (κ2) is 8.72. The average molecular weight is 256 g/mol. The summed E-state index contributed by atoms with van der Waals surface area (Å²) in [6.07, 6.45) is -3.20. The summed E-state index contributed by atoms with van der Waals surface area (Å²) in [6.45, 7) is 4.86. The molecule has 104 valence electrons. The molecule has 0 aromatic carbocycles. The van der Waals surface area contributed by atoms with E-state index in [1.54, 1.807) is 6.92 Å². The maximum Gasteiger partial charge on any atom is 0.401 e. The van der Waals surface area contributed by atoms with Gasteiger partial charge in [-0.25, -0.2) is 0 Å². The summed E-state index contributed by atoms with van der Waals surface area (Å²) in [5, 5.41) is 3.13. The predicted molar refractivity (Wildman–Crippen MR) is 62.1 cm³/mol. The molecular formula is C11H23F3N2O. The molecule has 0 fully saturated rings. The lowest BCUT2D eigenvalue weighted by atomic mass is 10.2. The lowest BCUT2D eigenvalue weighted by molar-refractivity contribution is -0.152. The Morgan fingerprint density at radius 1 is 1.29 bits per heavy atom. The van der Waals surface area contributed by atoms with Crippen molar-refractivity contribution in [1.29, 1.82) is 0 Å². The van der Waals surface area contributed by atoms with Crippen molar-refractivity contribution in [2.24, 2.45) is 0 Å². The SMILES string of the molecule is CCCNCC(COC)N(CC)CC(F)(F)F. The van der Waals surface area contributed by atoms with Crippen LogP contribution in [0, 0.1) is 0 Å². The Labute approximate surface area is 101 Å². The Bertz CT molecular complexity index is 188. The molecule has 1 atom stereocenters. The zero-order valence-corrected chi connectivity index (χ0v) is 10.8. The first-order chi connectivity index (χ1) is 7.94. The van der Waals surface area contributed by atoms with Crippen molar-refractivity contribution in [1.82, 2.24) is 10.2 Å². The van der Waals surface area contributed by atoms with Crippen molar-refractivity contribution in [3.05, 3.63) is 0 Å². The number of halogens is 3. The molecular weight excluding hydrogens is 233 g/mol. The van der Waals surface area contributed by atoms with Crippen LogP contribution in [-0.2, 0) is 4.74 Å². The first-order valence-electron chi connectivity index (χ1n) is 5.95. The number of rotatable bonds is 9. The van der Waals surface area contributed by atoms with Crippen LogP contribution in [0.1, 0.15) is 20.3 Å². The third-order valence-corrected chi connectivity index (χ3v) is 2.47. The van der Waals surface area contributed by atoms with Crippen molar-refractivity contribution < 1.29 is 17.9 Å². The average Bonchev–Trinajstić information content (AvgIpc) is 2.24. The lowest BCUT2D eigenvalue weighted by Crippen LogP contribution is -2.48. The van der Waals surface area contributed by atoms with Crippen LogP contribution in [0.3, 0.4) is 0 Å². The van der Waals surface area contributed by atoms with Gasteiger partial charge < -0.3 is 10.1 Å². The van der Waals surface area contributed by atoms with E-state index in [2.05, 4.69) is 5.32 Å². The summed E-state index contributed by atoms with van der Waals surface area (Å²) < 4.78 is 42.1. The summed E-state index contributed by atoms with van der Waals surface area (Å²) in [4.78, 5) is 1.40. The molecule has 0 aliphatic rings. The second-order valence-electron chi connectivity index (χ2n) is 3.99. The van der Waals surface area contributed by atoms with Gasteiger partial charge in [0.1, 0.15) is 0 Å². The van der Waals surface area contributed by atoms with Crippen LogP contribution < -0.4 is 5.32 Å². The molecule has 0 aliphatic carbocycles. The highest BCUT2D eigenvalue weighted by atomic mass is 19.4. The highest BCUT2D eigenvalue weighted by Crippen LogP contribution is 2.17. The number of nitrogens with zero attached hydrogens (tertiary/aromatic N) is 1. The van der Waals surface area contributed by atoms with Crippen LogP contribution >= 0.6 is 0 Å². The van der Waals surface area contributed by atoms with Crippen LogP contribution in [0.5, 0.6) is 0 Å². The molecule has 0 aromatic heterocycles. The zero-order chi connectivity index (χ0) is 13.3. The van der Waals surface area contributed by atoms with Crippen molar-refractivity contribution in [3.8, 4) is 0 Å². The minimum Gasteiger partial charge on any atom is -0.383 e. The maximum atomic E-state index is 12.4. The Morgan fingerprint density at radius 3 is 2.35 bits per heavy atom. The Kier molecular flexibility index (Phi) is 8.55.